The molecule has 0 atom stereocenters. The molecule has 2 heteroatoms. The fourth-order valence-electron chi connectivity index (χ4n) is 3.91. The van der Waals surface area contributed by atoms with Crippen LogP contribution < -0.4 is 0 Å². The van der Waals surface area contributed by atoms with Crippen molar-refractivity contribution in [2.75, 3.05) is 6.61 Å². The number of rotatable bonds is 1. The van der Waals surface area contributed by atoms with Gasteiger partial charge in [-0.3, -0.25) is 0 Å². The van der Waals surface area contributed by atoms with Gasteiger partial charge in [0.15, 0.2) is 0 Å². The van der Waals surface area contributed by atoms with E-state index in [-0.39, 0.29) is 5.97 Å². The minimum atomic E-state index is -0.214. The van der Waals surface area contributed by atoms with Crippen LogP contribution in [0.4, 0.5) is 0 Å². The van der Waals surface area contributed by atoms with E-state index in [1.165, 1.54) is 27.3 Å². The van der Waals surface area contributed by atoms with Crippen LogP contribution in [0.1, 0.15) is 15.9 Å². The second-order valence-electron chi connectivity index (χ2n) is 6.41. The Labute approximate surface area is 145 Å². The van der Waals surface area contributed by atoms with Gasteiger partial charge in [-0.15, -0.1) is 0 Å². The molecule has 0 N–H and O–H groups in total. The molecule has 0 saturated heterocycles. The van der Waals surface area contributed by atoms with E-state index in [0.717, 1.165) is 17.4 Å². The van der Waals surface area contributed by atoms with Crippen molar-refractivity contribution in [1.82, 2.24) is 0 Å². The van der Waals surface area contributed by atoms with Gasteiger partial charge in [0.1, 0.15) is 0 Å². The van der Waals surface area contributed by atoms with Gasteiger partial charge in [0.25, 0.3) is 0 Å². The van der Waals surface area contributed by atoms with Crippen molar-refractivity contribution < 1.29 is 9.53 Å². The van der Waals surface area contributed by atoms with Crippen LogP contribution in [0.15, 0.2) is 72.8 Å². The zero-order valence-corrected chi connectivity index (χ0v) is 13.7. The standard InChI is InChI=1S/C23H16O2/c24-23-21-14-16-7-2-4-10-18(16)22(20(21)12-13-25-23)19-11-5-8-15-6-1-3-9-17(15)19/h1-11,14H,12-13H2. The molecule has 0 aromatic heterocycles. The van der Waals surface area contributed by atoms with E-state index in [4.69, 9.17) is 4.74 Å². The predicted molar refractivity (Wildman–Crippen MR) is 101 cm³/mol. The zero-order chi connectivity index (χ0) is 16.8. The van der Waals surface area contributed by atoms with E-state index in [9.17, 15) is 4.79 Å². The SMILES string of the molecule is O=C1OCCc2c1cc1ccccc1c2-c1cccc2ccccc12. The van der Waals surface area contributed by atoms with Crippen molar-refractivity contribution in [2.24, 2.45) is 0 Å². The lowest BCUT2D eigenvalue weighted by molar-refractivity contribution is 0.0481. The lowest BCUT2D eigenvalue weighted by atomic mass is 9.85. The van der Waals surface area contributed by atoms with Crippen LogP contribution in [0, 0.1) is 0 Å². The van der Waals surface area contributed by atoms with Gasteiger partial charge in [-0.25, -0.2) is 4.79 Å². The smallest absolute Gasteiger partial charge is 0.338 e. The monoisotopic (exact) mass is 324 g/mol. The van der Waals surface area contributed by atoms with Crippen molar-refractivity contribution >= 4 is 27.5 Å². The summed E-state index contributed by atoms with van der Waals surface area (Å²) in [6.07, 6.45) is 0.754. The third-order valence-electron chi connectivity index (χ3n) is 5.02. The molecule has 4 aromatic carbocycles. The van der Waals surface area contributed by atoms with Gasteiger partial charge in [-0.05, 0) is 44.3 Å². The molecule has 0 spiro atoms. The summed E-state index contributed by atoms with van der Waals surface area (Å²) >= 11 is 0. The molecule has 0 fully saturated rings. The highest BCUT2D eigenvalue weighted by molar-refractivity contribution is 6.10. The number of carbonyl (C=O) groups is 1. The number of cyclic esters (lactones) is 1. The van der Waals surface area contributed by atoms with Crippen LogP contribution in [0.3, 0.4) is 0 Å². The number of fused-ring (bicyclic) bond motifs is 3. The molecular formula is C23H16O2. The number of carbonyl (C=O) groups excluding carboxylic acids is 1. The highest BCUT2D eigenvalue weighted by Gasteiger charge is 2.24. The summed E-state index contributed by atoms with van der Waals surface area (Å²) in [5.41, 5.74) is 4.15. The van der Waals surface area contributed by atoms with Crippen LogP contribution in [-0.2, 0) is 11.2 Å². The molecule has 120 valence electrons. The Morgan fingerprint density at radius 1 is 0.720 bits per heavy atom. The molecule has 0 radical (unpaired) electrons. The highest BCUT2D eigenvalue weighted by atomic mass is 16.5. The van der Waals surface area contributed by atoms with Crippen molar-refractivity contribution in [3.63, 3.8) is 0 Å². The molecule has 0 aliphatic carbocycles. The predicted octanol–water partition coefficient (Wildman–Crippen LogP) is 5.37. The van der Waals surface area contributed by atoms with Crippen LogP contribution in [0.5, 0.6) is 0 Å². The molecule has 1 aliphatic rings. The number of ether oxygens (including phenoxy) is 1. The normalized spacial score (nSPS) is 13.7. The van der Waals surface area contributed by atoms with Gasteiger partial charge in [0, 0.05) is 6.42 Å². The Bertz CT molecular complexity index is 1140. The summed E-state index contributed by atoms with van der Waals surface area (Å²) in [5.74, 6) is -0.214. The quantitative estimate of drug-likeness (QED) is 0.440. The molecule has 1 heterocycles. The molecule has 4 aromatic rings. The lowest BCUT2D eigenvalue weighted by Gasteiger charge is -2.22. The third kappa shape index (κ3) is 2.14. The van der Waals surface area contributed by atoms with Crippen LogP contribution >= 0.6 is 0 Å². The Balaban J connectivity index is 1.97. The average Bonchev–Trinajstić information content (AvgIpc) is 2.66. The summed E-state index contributed by atoms with van der Waals surface area (Å²) in [7, 11) is 0. The maximum atomic E-state index is 12.4. The number of hydrogen-bond donors (Lipinski definition) is 0. The van der Waals surface area contributed by atoms with Crippen LogP contribution in [0.2, 0.25) is 0 Å². The summed E-state index contributed by atoms with van der Waals surface area (Å²) in [5, 5.41) is 4.68. The molecule has 25 heavy (non-hydrogen) atoms. The molecule has 1 aliphatic heterocycles. The third-order valence-corrected chi connectivity index (χ3v) is 5.02. The lowest BCUT2D eigenvalue weighted by Crippen LogP contribution is -2.18. The minimum absolute atomic E-state index is 0.214. The van der Waals surface area contributed by atoms with Gasteiger partial charge in [-0.1, -0.05) is 66.7 Å². The summed E-state index contributed by atoms with van der Waals surface area (Å²) in [6.45, 7) is 0.446. The molecule has 0 unspecified atom stereocenters. The van der Waals surface area contributed by atoms with E-state index in [1.807, 2.05) is 12.1 Å². The van der Waals surface area contributed by atoms with Gasteiger partial charge in [0.2, 0.25) is 0 Å². The number of benzene rings is 4. The first-order valence-electron chi connectivity index (χ1n) is 8.53. The second-order valence-corrected chi connectivity index (χ2v) is 6.41. The maximum Gasteiger partial charge on any atom is 0.338 e. The van der Waals surface area contributed by atoms with E-state index in [2.05, 4.69) is 60.7 Å². The van der Waals surface area contributed by atoms with Crippen molar-refractivity contribution in [1.29, 1.82) is 0 Å². The second kappa shape index (κ2) is 5.45. The van der Waals surface area contributed by atoms with Gasteiger partial charge in [0.05, 0.1) is 12.2 Å². The van der Waals surface area contributed by atoms with Gasteiger partial charge in [-0.2, -0.15) is 0 Å². The summed E-state index contributed by atoms with van der Waals surface area (Å²) < 4.78 is 5.29. The Hall–Kier alpha value is -3.13. The Morgan fingerprint density at radius 3 is 2.32 bits per heavy atom. The fraction of sp³-hybridized carbons (Fsp3) is 0.0870. The van der Waals surface area contributed by atoms with Gasteiger partial charge >= 0.3 is 5.97 Å². The molecule has 5 rings (SSSR count). The Kier molecular flexibility index (Phi) is 3.10. The summed E-state index contributed by atoms with van der Waals surface area (Å²) in [6, 6.07) is 25.0. The van der Waals surface area contributed by atoms with Crippen LogP contribution in [-0.4, -0.2) is 12.6 Å². The molecule has 0 saturated carbocycles. The molecule has 0 bridgehead atoms. The largest absolute Gasteiger partial charge is 0.462 e. The van der Waals surface area contributed by atoms with E-state index >= 15 is 0 Å². The first kappa shape index (κ1) is 14.2. The zero-order valence-electron chi connectivity index (χ0n) is 13.7. The average molecular weight is 324 g/mol. The van der Waals surface area contributed by atoms with Crippen molar-refractivity contribution in [2.45, 2.75) is 6.42 Å². The topological polar surface area (TPSA) is 26.3 Å². The molecular weight excluding hydrogens is 308 g/mol. The summed E-state index contributed by atoms with van der Waals surface area (Å²) in [4.78, 5) is 12.4. The van der Waals surface area contributed by atoms with Crippen molar-refractivity contribution in [3.8, 4) is 11.1 Å². The number of esters is 1. The van der Waals surface area contributed by atoms with Crippen LogP contribution in [0.25, 0.3) is 32.7 Å². The Morgan fingerprint density at radius 2 is 1.44 bits per heavy atom. The highest BCUT2D eigenvalue weighted by Crippen LogP contribution is 2.39. The van der Waals surface area contributed by atoms with E-state index in [1.54, 1.807) is 0 Å². The first-order valence-corrected chi connectivity index (χ1v) is 8.53. The minimum Gasteiger partial charge on any atom is -0.462 e. The van der Waals surface area contributed by atoms with Crippen molar-refractivity contribution in [3.05, 3.63) is 83.9 Å². The molecule has 2 nitrogen and oxygen atoms in total. The molecule has 0 amide bonds. The maximum absolute atomic E-state index is 12.4. The fourth-order valence-corrected chi connectivity index (χ4v) is 3.91. The van der Waals surface area contributed by atoms with Gasteiger partial charge < -0.3 is 4.74 Å². The first-order chi connectivity index (χ1) is 12.3. The number of hydrogen-bond acceptors (Lipinski definition) is 2. The van der Waals surface area contributed by atoms with E-state index in [0.29, 0.717) is 12.2 Å². The van der Waals surface area contributed by atoms with E-state index < -0.39 is 0 Å².